The number of para-hydroxylation sites is 1. The lowest BCUT2D eigenvalue weighted by molar-refractivity contribution is -0.271. The zero-order chi connectivity index (χ0) is 24.6. The Balaban J connectivity index is 2.07. The first-order chi connectivity index (χ1) is 15.2. The van der Waals surface area contributed by atoms with Crippen molar-refractivity contribution >= 4 is 10.9 Å². The predicted molar refractivity (Wildman–Crippen MR) is 119 cm³/mol. The lowest BCUT2D eigenvalue weighted by Gasteiger charge is -2.39. The van der Waals surface area contributed by atoms with E-state index in [4.69, 9.17) is 4.74 Å². The second-order valence-electron chi connectivity index (χ2n) is 9.22. The van der Waals surface area contributed by atoms with Gasteiger partial charge in [0.2, 0.25) is 0 Å². The Kier molecular flexibility index (Phi) is 6.62. The number of halogens is 4. The monoisotopic (exact) mass is 465 g/mol. The molecule has 0 saturated carbocycles. The lowest BCUT2D eigenvalue weighted by Crippen LogP contribution is -2.52. The SMILES string of the molecule is CC(C)Oc1ccc(F)cc1C(C)(C)CC(O)(Cn1ccc(=O)c2ccccc21)C(F)(F)F. The average molecular weight is 465 g/mol. The summed E-state index contributed by atoms with van der Waals surface area (Å²) < 4.78 is 63.8. The van der Waals surface area contributed by atoms with Gasteiger partial charge >= 0.3 is 6.18 Å². The average Bonchev–Trinajstić information content (AvgIpc) is 2.70. The molecule has 0 aliphatic carbocycles. The first kappa shape index (κ1) is 24.8. The van der Waals surface area contributed by atoms with Gasteiger partial charge in [0.25, 0.3) is 0 Å². The molecule has 0 aliphatic heterocycles. The van der Waals surface area contributed by atoms with Gasteiger partial charge in [0, 0.05) is 23.2 Å². The lowest BCUT2D eigenvalue weighted by atomic mass is 9.74. The molecule has 0 aliphatic rings. The molecular formula is C25H27F4NO3. The normalized spacial score (nSPS) is 14.5. The number of pyridine rings is 1. The summed E-state index contributed by atoms with van der Waals surface area (Å²) in [7, 11) is 0. The number of hydrogen-bond donors (Lipinski definition) is 1. The maximum absolute atomic E-state index is 14.3. The Morgan fingerprint density at radius 3 is 2.36 bits per heavy atom. The van der Waals surface area contributed by atoms with Crippen molar-refractivity contribution in [3.8, 4) is 5.75 Å². The van der Waals surface area contributed by atoms with Gasteiger partial charge in [-0.05, 0) is 56.0 Å². The van der Waals surface area contributed by atoms with Crippen LogP contribution in [0.4, 0.5) is 17.6 Å². The highest BCUT2D eigenvalue weighted by Gasteiger charge is 2.56. The summed E-state index contributed by atoms with van der Waals surface area (Å²) in [5.41, 5.74) is -4.31. The van der Waals surface area contributed by atoms with Gasteiger partial charge in [0.1, 0.15) is 11.6 Å². The molecule has 0 saturated heterocycles. The maximum Gasteiger partial charge on any atom is 0.418 e. The van der Waals surface area contributed by atoms with Gasteiger partial charge < -0.3 is 14.4 Å². The van der Waals surface area contributed by atoms with E-state index in [2.05, 4.69) is 0 Å². The maximum atomic E-state index is 14.3. The zero-order valence-corrected chi connectivity index (χ0v) is 18.9. The van der Waals surface area contributed by atoms with Crippen LogP contribution in [0.5, 0.6) is 5.75 Å². The Bertz CT molecular complexity index is 1200. The number of nitrogens with zero attached hydrogens (tertiary/aromatic N) is 1. The molecule has 178 valence electrons. The Labute approximate surface area is 189 Å². The Hall–Kier alpha value is -2.87. The number of aromatic nitrogens is 1. The molecule has 1 atom stereocenters. The third kappa shape index (κ3) is 5.21. The van der Waals surface area contributed by atoms with Gasteiger partial charge in [-0.2, -0.15) is 13.2 Å². The number of alkyl halides is 3. The van der Waals surface area contributed by atoms with Crippen LogP contribution in [0.25, 0.3) is 10.9 Å². The van der Waals surface area contributed by atoms with Crippen LogP contribution in [-0.2, 0) is 12.0 Å². The van der Waals surface area contributed by atoms with E-state index in [-0.39, 0.29) is 33.7 Å². The second-order valence-corrected chi connectivity index (χ2v) is 9.22. The van der Waals surface area contributed by atoms with E-state index >= 15 is 0 Å². The fraction of sp³-hybridized carbons (Fsp3) is 0.400. The third-order valence-electron chi connectivity index (χ3n) is 5.61. The second kappa shape index (κ2) is 8.82. The Morgan fingerprint density at radius 2 is 1.73 bits per heavy atom. The molecule has 1 N–H and O–H groups in total. The molecular weight excluding hydrogens is 438 g/mol. The van der Waals surface area contributed by atoms with E-state index in [0.29, 0.717) is 0 Å². The van der Waals surface area contributed by atoms with Crippen molar-refractivity contribution in [1.29, 1.82) is 0 Å². The van der Waals surface area contributed by atoms with Gasteiger partial charge in [-0.3, -0.25) is 4.79 Å². The van der Waals surface area contributed by atoms with Crippen LogP contribution in [0.2, 0.25) is 0 Å². The molecule has 1 aromatic heterocycles. The minimum atomic E-state index is -5.00. The molecule has 4 nitrogen and oxygen atoms in total. The minimum Gasteiger partial charge on any atom is -0.491 e. The summed E-state index contributed by atoms with van der Waals surface area (Å²) in [6.07, 6.45) is -4.80. The fourth-order valence-electron chi connectivity index (χ4n) is 4.14. The van der Waals surface area contributed by atoms with Crippen molar-refractivity contribution in [2.75, 3.05) is 0 Å². The molecule has 0 amide bonds. The molecule has 8 heteroatoms. The van der Waals surface area contributed by atoms with Gasteiger partial charge in [0.15, 0.2) is 11.0 Å². The van der Waals surface area contributed by atoms with Crippen LogP contribution in [-0.4, -0.2) is 27.6 Å². The molecule has 0 radical (unpaired) electrons. The Morgan fingerprint density at radius 1 is 1.06 bits per heavy atom. The molecule has 33 heavy (non-hydrogen) atoms. The minimum absolute atomic E-state index is 0.226. The van der Waals surface area contributed by atoms with Gasteiger partial charge in [0.05, 0.1) is 18.2 Å². The zero-order valence-electron chi connectivity index (χ0n) is 18.9. The highest BCUT2D eigenvalue weighted by Crippen LogP contribution is 2.44. The molecule has 0 spiro atoms. The highest BCUT2D eigenvalue weighted by molar-refractivity contribution is 5.78. The van der Waals surface area contributed by atoms with Gasteiger partial charge in [-0.25, -0.2) is 4.39 Å². The van der Waals surface area contributed by atoms with E-state index in [9.17, 15) is 27.5 Å². The number of fused-ring (bicyclic) bond motifs is 1. The standard InChI is InChI=1S/C25H27F4NO3/c1-16(2)33-22-10-9-17(26)13-19(22)23(3,4)14-24(32,25(27,28)29)15-30-12-11-21(31)18-7-5-6-8-20(18)30/h5-13,16,32H,14-15H2,1-4H3. The summed E-state index contributed by atoms with van der Waals surface area (Å²) in [6, 6.07) is 11.2. The van der Waals surface area contributed by atoms with E-state index in [1.807, 2.05) is 0 Å². The van der Waals surface area contributed by atoms with Crippen LogP contribution in [0, 0.1) is 5.82 Å². The summed E-state index contributed by atoms with van der Waals surface area (Å²) in [6.45, 7) is 5.70. The third-order valence-corrected chi connectivity index (χ3v) is 5.61. The molecule has 3 aromatic rings. The van der Waals surface area contributed by atoms with Crippen molar-refractivity contribution in [2.24, 2.45) is 0 Å². The summed E-state index contributed by atoms with van der Waals surface area (Å²) in [4.78, 5) is 12.1. The number of rotatable bonds is 7. The van der Waals surface area contributed by atoms with Crippen LogP contribution in [0.1, 0.15) is 39.7 Å². The topological polar surface area (TPSA) is 51.5 Å². The van der Waals surface area contributed by atoms with Crippen molar-refractivity contribution in [3.05, 3.63) is 76.3 Å². The molecule has 0 bridgehead atoms. The van der Waals surface area contributed by atoms with E-state index in [1.165, 1.54) is 54.9 Å². The van der Waals surface area contributed by atoms with Crippen LogP contribution in [0.15, 0.2) is 59.5 Å². The molecule has 1 heterocycles. The fourth-order valence-corrected chi connectivity index (χ4v) is 4.14. The molecule has 2 aromatic carbocycles. The predicted octanol–water partition coefficient (Wildman–Crippen LogP) is 5.59. The quantitative estimate of drug-likeness (QED) is 0.463. The number of aliphatic hydroxyl groups is 1. The summed E-state index contributed by atoms with van der Waals surface area (Å²) in [5, 5.41) is 11.3. The van der Waals surface area contributed by atoms with Crippen molar-refractivity contribution in [1.82, 2.24) is 4.57 Å². The number of hydrogen-bond acceptors (Lipinski definition) is 3. The first-order valence-electron chi connectivity index (χ1n) is 10.6. The van der Waals surface area contributed by atoms with E-state index < -0.39 is 36.0 Å². The van der Waals surface area contributed by atoms with Gasteiger partial charge in [-0.15, -0.1) is 0 Å². The smallest absolute Gasteiger partial charge is 0.418 e. The van der Waals surface area contributed by atoms with E-state index in [1.54, 1.807) is 26.0 Å². The first-order valence-corrected chi connectivity index (χ1v) is 10.6. The molecule has 1 unspecified atom stereocenters. The van der Waals surface area contributed by atoms with Crippen molar-refractivity contribution in [2.45, 2.75) is 64.0 Å². The largest absolute Gasteiger partial charge is 0.491 e. The summed E-state index contributed by atoms with van der Waals surface area (Å²) >= 11 is 0. The molecule has 3 rings (SSSR count). The van der Waals surface area contributed by atoms with E-state index in [0.717, 1.165) is 6.07 Å². The highest BCUT2D eigenvalue weighted by atomic mass is 19.4. The van der Waals surface area contributed by atoms with Crippen molar-refractivity contribution in [3.63, 3.8) is 0 Å². The van der Waals surface area contributed by atoms with Crippen LogP contribution in [0.3, 0.4) is 0 Å². The van der Waals surface area contributed by atoms with Crippen molar-refractivity contribution < 1.29 is 27.4 Å². The summed E-state index contributed by atoms with van der Waals surface area (Å²) in [5.74, 6) is -0.356. The molecule has 0 fully saturated rings. The number of ether oxygens (including phenoxy) is 1. The number of benzene rings is 2. The van der Waals surface area contributed by atoms with Crippen LogP contribution >= 0.6 is 0 Å². The van der Waals surface area contributed by atoms with Crippen LogP contribution < -0.4 is 10.2 Å². The van der Waals surface area contributed by atoms with Gasteiger partial charge in [-0.1, -0.05) is 26.0 Å².